The fourth-order valence-corrected chi connectivity index (χ4v) is 2.55. The van der Waals surface area contributed by atoms with E-state index in [4.69, 9.17) is 4.74 Å². The predicted octanol–water partition coefficient (Wildman–Crippen LogP) is 3.22. The topological polar surface area (TPSA) is 26.3 Å². The third kappa shape index (κ3) is 1.91. The van der Waals surface area contributed by atoms with Gasteiger partial charge < -0.3 is 4.74 Å². The number of rotatable bonds is 2. The van der Waals surface area contributed by atoms with Crippen LogP contribution >= 0.6 is 0 Å². The van der Waals surface area contributed by atoms with Gasteiger partial charge in [0.1, 0.15) is 0 Å². The molecule has 1 saturated heterocycles. The molecule has 1 heterocycles. The van der Waals surface area contributed by atoms with E-state index in [0.717, 1.165) is 11.1 Å². The number of cyclic esters (lactones) is 1. The number of carbonyl (C=O) groups excluding carboxylic acids is 1. The summed E-state index contributed by atoms with van der Waals surface area (Å²) in [6, 6.07) is 18.6. The number of ether oxygens (including phenoxy) is 1. The van der Waals surface area contributed by atoms with Gasteiger partial charge in [-0.3, -0.25) is 0 Å². The first-order chi connectivity index (χ1) is 9.22. The molecule has 1 atom stereocenters. The van der Waals surface area contributed by atoms with Crippen molar-refractivity contribution in [1.29, 1.82) is 0 Å². The van der Waals surface area contributed by atoms with Gasteiger partial charge in [-0.1, -0.05) is 60.7 Å². The highest BCUT2D eigenvalue weighted by molar-refractivity contribution is 5.78. The van der Waals surface area contributed by atoms with Crippen LogP contribution in [0.25, 0.3) is 0 Å². The Hall–Kier alpha value is -2.16. The summed E-state index contributed by atoms with van der Waals surface area (Å²) in [5.41, 5.74) is 0.600. The lowest BCUT2D eigenvalue weighted by atomic mass is 9.84. The average molecular weight is 256 g/mol. The molecule has 96 valence electrons. The minimum Gasteiger partial charge on any atom is -0.447 e. The number of hydrogen-bond donors (Lipinski definition) is 0. The van der Waals surface area contributed by atoms with E-state index < -0.39 is 17.7 Å². The molecule has 1 aliphatic heterocycles. The highest BCUT2D eigenvalue weighted by Crippen LogP contribution is 2.43. The minimum atomic E-state index is -1.57. The molecule has 3 rings (SSSR count). The molecule has 0 bridgehead atoms. The van der Waals surface area contributed by atoms with Crippen molar-refractivity contribution in [3.05, 3.63) is 71.8 Å². The Balaban J connectivity index is 2.15. The Morgan fingerprint density at radius 3 is 1.79 bits per heavy atom. The molecule has 2 nitrogen and oxygen atoms in total. The number of halogens is 1. The zero-order valence-electron chi connectivity index (χ0n) is 10.3. The zero-order chi connectivity index (χ0) is 13.3. The van der Waals surface area contributed by atoms with E-state index >= 15 is 0 Å². The van der Waals surface area contributed by atoms with Crippen molar-refractivity contribution in [1.82, 2.24) is 0 Å². The molecule has 19 heavy (non-hydrogen) atoms. The number of hydrogen-bond acceptors (Lipinski definition) is 2. The van der Waals surface area contributed by atoms with Gasteiger partial charge in [0.2, 0.25) is 6.17 Å². The maximum absolute atomic E-state index is 13.7. The largest absolute Gasteiger partial charge is 0.447 e. The first-order valence-electron chi connectivity index (χ1n) is 6.20. The van der Waals surface area contributed by atoms with E-state index in [-0.39, 0.29) is 6.42 Å². The minimum absolute atomic E-state index is 0.0276. The normalized spacial score (nSPS) is 21.1. The Bertz CT molecular complexity index is 541. The van der Waals surface area contributed by atoms with Gasteiger partial charge in [0, 0.05) is 17.5 Å². The van der Waals surface area contributed by atoms with Crippen LogP contribution in [0.4, 0.5) is 4.39 Å². The van der Waals surface area contributed by atoms with Crippen molar-refractivity contribution in [3.63, 3.8) is 0 Å². The molecule has 0 radical (unpaired) electrons. The van der Waals surface area contributed by atoms with Crippen LogP contribution < -0.4 is 0 Å². The Morgan fingerprint density at radius 2 is 1.42 bits per heavy atom. The van der Waals surface area contributed by atoms with E-state index in [1.165, 1.54) is 0 Å². The number of esters is 1. The van der Waals surface area contributed by atoms with Crippen LogP contribution in [-0.4, -0.2) is 12.1 Å². The highest BCUT2D eigenvalue weighted by Gasteiger charge is 2.49. The van der Waals surface area contributed by atoms with Crippen molar-refractivity contribution in [3.8, 4) is 0 Å². The standard InChI is InChI=1S/C16H13FO2/c17-14-11-16(19-15(14)18,12-7-3-1-4-8-12)13-9-5-2-6-10-13/h1-10,14H,11H2. The van der Waals surface area contributed by atoms with E-state index in [2.05, 4.69) is 0 Å². The summed E-state index contributed by atoms with van der Waals surface area (Å²) in [6.45, 7) is 0. The summed E-state index contributed by atoms with van der Waals surface area (Å²) in [4.78, 5) is 11.5. The lowest BCUT2D eigenvalue weighted by Gasteiger charge is -2.28. The number of benzene rings is 2. The smallest absolute Gasteiger partial charge is 0.342 e. The van der Waals surface area contributed by atoms with Crippen LogP contribution in [0.3, 0.4) is 0 Å². The third-order valence-corrected chi connectivity index (χ3v) is 3.48. The second-order valence-electron chi connectivity index (χ2n) is 4.65. The highest BCUT2D eigenvalue weighted by atomic mass is 19.1. The van der Waals surface area contributed by atoms with Gasteiger partial charge in [-0.05, 0) is 0 Å². The molecule has 1 unspecified atom stereocenters. The average Bonchev–Trinajstić information content (AvgIpc) is 2.78. The second kappa shape index (κ2) is 4.50. The van der Waals surface area contributed by atoms with Crippen molar-refractivity contribution < 1.29 is 13.9 Å². The van der Waals surface area contributed by atoms with Crippen molar-refractivity contribution in [2.45, 2.75) is 18.2 Å². The summed E-state index contributed by atoms with van der Waals surface area (Å²) >= 11 is 0. The summed E-state index contributed by atoms with van der Waals surface area (Å²) in [5.74, 6) is -0.785. The predicted molar refractivity (Wildman–Crippen MR) is 69.3 cm³/mol. The van der Waals surface area contributed by atoms with Gasteiger partial charge in [-0.25, -0.2) is 9.18 Å². The Kier molecular flexibility index (Phi) is 2.82. The molecular formula is C16H13FO2. The molecule has 1 aliphatic rings. The van der Waals surface area contributed by atoms with E-state index in [1.807, 2.05) is 60.7 Å². The summed E-state index contributed by atoms with van der Waals surface area (Å²) in [5, 5.41) is 0. The van der Waals surface area contributed by atoms with Gasteiger partial charge in [-0.2, -0.15) is 0 Å². The fraction of sp³-hybridized carbons (Fsp3) is 0.188. The molecule has 0 aliphatic carbocycles. The third-order valence-electron chi connectivity index (χ3n) is 3.48. The molecule has 0 saturated carbocycles. The monoisotopic (exact) mass is 256 g/mol. The lowest BCUT2D eigenvalue weighted by molar-refractivity contribution is -0.149. The second-order valence-corrected chi connectivity index (χ2v) is 4.65. The molecule has 0 N–H and O–H groups in total. The Labute approximate surface area is 110 Å². The van der Waals surface area contributed by atoms with Gasteiger partial charge in [0.15, 0.2) is 5.60 Å². The number of alkyl halides is 1. The van der Waals surface area contributed by atoms with Crippen LogP contribution in [0.15, 0.2) is 60.7 Å². The van der Waals surface area contributed by atoms with Crippen LogP contribution in [-0.2, 0) is 15.1 Å². The molecule has 0 spiro atoms. The lowest BCUT2D eigenvalue weighted by Crippen LogP contribution is -2.27. The van der Waals surface area contributed by atoms with E-state index in [1.54, 1.807) is 0 Å². The molecule has 0 aromatic heterocycles. The van der Waals surface area contributed by atoms with Gasteiger partial charge >= 0.3 is 5.97 Å². The summed E-state index contributed by atoms with van der Waals surface area (Å²) < 4.78 is 19.1. The van der Waals surface area contributed by atoms with Crippen molar-refractivity contribution in [2.24, 2.45) is 0 Å². The first kappa shape index (κ1) is 11.9. The van der Waals surface area contributed by atoms with Crippen molar-refractivity contribution >= 4 is 5.97 Å². The molecular weight excluding hydrogens is 243 g/mol. The Morgan fingerprint density at radius 1 is 0.947 bits per heavy atom. The summed E-state index contributed by atoms with van der Waals surface area (Å²) in [6.07, 6.45) is -1.54. The van der Waals surface area contributed by atoms with Crippen LogP contribution in [0.2, 0.25) is 0 Å². The van der Waals surface area contributed by atoms with Gasteiger partial charge in [-0.15, -0.1) is 0 Å². The first-order valence-corrected chi connectivity index (χ1v) is 6.20. The summed E-state index contributed by atoms with van der Waals surface area (Å²) in [7, 11) is 0. The van der Waals surface area contributed by atoms with Crippen LogP contribution in [0.1, 0.15) is 17.5 Å². The molecule has 0 amide bonds. The maximum atomic E-state index is 13.7. The molecule has 1 fully saturated rings. The number of carbonyl (C=O) groups is 1. The van der Waals surface area contributed by atoms with E-state index in [9.17, 15) is 9.18 Å². The van der Waals surface area contributed by atoms with Crippen LogP contribution in [0.5, 0.6) is 0 Å². The van der Waals surface area contributed by atoms with E-state index in [0.29, 0.717) is 0 Å². The van der Waals surface area contributed by atoms with Gasteiger partial charge in [0.05, 0.1) is 0 Å². The molecule has 3 heteroatoms. The SMILES string of the molecule is O=C1OC(c2ccccc2)(c2ccccc2)CC1F. The van der Waals surface area contributed by atoms with Crippen LogP contribution in [0, 0.1) is 0 Å². The maximum Gasteiger partial charge on any atom is 0.342 e. The molecule has 2 aromatic carbocycles. The molecule has 2 aromatic rings. The quantitative estimate of drug-likeness (QED) is 0.771. The van der Waals surface area contributed by atoms with Crippen molar-refractivity contribution in [2.75, 3.05) is 0 Å². The van der Waals surface area contributed by atoms with Gasteiger partial charge in [0.25, 0.3) is 0 Å². The zero-order valence-corrected chi connectivity index (χ0v) is 10.3. The fourth-order valence-electron chi connectivity index (χ4n) is 2.55.